The maximum Gasteiger partial charge on any atom is 0.257 e. The van der Waals surface area contributed by atoms with E-state index in [1.165, 1.54) is 6.20 Å². The molecule has 0 spiro atoms. The molecule has 4 rings (SSSR count). The van der Waals surface area contributed by atoms with Gasteiger partial charge < -0.3 is 24.1 Å². The summed E-state index contributed by atoms with van der Waals surface area (Å²) in [6.07, 6.45) is 2.22. The number of furan rings is 1. The van der Waals surface area contributed by atoms with Crippen molar-refractivity contribution < 1.29 is 19.1 Å². The van der Waals surface area contributed by atoms with Crippen molar-refractivity contribution in [2.75, 3.05) is 20.7 Å². The zero-order valence-corrected chi connectivity index (χ0v) is 22.5. The van der Waals surface area contributed by atoms with Crippen molar-refractivity contribution in [2.24, 2.45) is 7.05 Å². The summed E-state index contributed by atoms with van der Waals surface area (Å²) in [6, 6.07) is 16.6. The second-order valence-electron chi connectivity index (χ2n) is 9.42. The van der Waals surface area contributed by atoms with Gasteiger partial charge in [0, 0.05) is 31.4 Å². The Bertz CT molecular complexity index is 1460. The summed E-state index contributed by atoms with van der Waals surface area (Å²) in [6.45, 7) is 1.11. The van der Waals surface area contributed by atoms with Crippen LogP contribution in [0.4, 0.5) is 0 Å². The average Bonchev–Trinajstić information content (AvgIpc) is 3.33. The fourth-order valence-electron chi connectivity index (χ4n) is 4.44. The summed E-state index contributed by atoms with van der Waals surface area (Å²) in [4.78, 5) is 27.8. The van der Waals surface area contributed by atoms with Gasteiger partial charge in [0.1, 0.15) is 17.1 Å². The lowest BCUT2D eigenvalue weighted by atomic mass is 10.1. The molecule has 0 saturated carbocycles. The van der Waals surface area contributed by atoms with Crippen LogP contribution >= 0.6 is 11.6 Å². The predicted molar refractivity (Wildman–Crippen MR) is 148 cm³/mol. The van der Waals surface area contributed by atoms with Crippen LogP contribution in [0.15, 0.2) is 70.0 Å². The Kier molecular flexibility index (Phi) is 8.89. The summed E-state index contributed by atoms with van der Waals surface area (Å²) in [7, 11) is 5.25. The van der Waals surface area contributed by atoms with Gasteiger partial charge in [-0.3, -0.25) is 14.5 Å². The van der Waals surface area contributed by atoms with Crippen LogP contribution in [0.1, 0.15) is 33.7 Å². The van der Waals surface area contributed by atoms with Crippen molar-refractivity contribution in [1.29, 1.82) is 0 Å². The number of aliphatic hydroxyl groups excluding tert-OH is 1. The van der Waals surface area contributed by atoms with E-state index in [0.717, 1.165) is 16.9 Å². The third kappa shape index (κ3) is 6.64. The number of fused-ring (bicyclic) bond motifs is 1. The second-order valence-corrected chi connectivity index (χ2v) is 9.86. The van der Waals surface area contributed by atoms with E-state index in [2.05, 4.69) is 5.32 Å². The van der Waals surface area contributed by atoms with Gasteiger partial charge in [-0.05, 0) is 55.3 Å². The van der Waals surface area contributed by atoms with E-state index in [0.29, 0.717) is 47.8 Å². The highest BCUT2D eigenvalue weighted by molar-refractivity contribution is 6.30. The lowest BCUT2D eigenvalue weighted by Crippen LogP contribution is -2.29. The fraction of sp³-hybridized carbons (Fsp3) is 0.310. The smallest absolute Gasteiger partial charge is 0.257 e. The molecule has 4 aromatic rings. The number of methoxy groups -OCH3 is 1. The normalized spacial score (nSPS) is 12.2. The van der Waals surface area contributed by atoms with E-state index >= 15 is 0 Å². The number of carbonyl (C=O) groups excluding carboxylic acids is 1. The monoisotopic (exact) mass is 537 g/mol. The molecular formula is C29H32ClN3O5. The summed E-state index contributed by atoms with van der Waals surface area (Å²) < 4.78 is 13.0. The first-order valence-electron chi connectivity index (χ1n) is 12.4. The third-order valence-electron chi connectivity index (χ3n) is 6.39. The van der Waals surface area contributed by atoms with Crippen molar-refractivity contribution in [3.63, 3.8) is 0 Å². The van der Waals surface area contributed by atoms with Crippen LogP contribution < -0.4 is 15.5 Å². The average molecular weight is 538 g/mol. The number of aromatic nitrogens is 1. The fourth-order valence-corrected chi connectivity index (χ4v) is 4.57. The number of aliphatic hydroxyl groups is 1. The van der Waals surface area contributed by atoms with Crippen LogP contribution in [-0.4, -0.2) is 47.3 Å². The highest BCUT2D eigenvalue weighted by Crippen LogP contribution is 2.21. The van der Waals surface area contributed by atoms with Gasteiger partial charge in [0.2, 0.25) is 11.1 Å². The number of benzene rings is 2. The highest BCUT2D eigenvalue weighted by Gasteiger charge is 2.19. The molecule has 2 aromatic carbocycles. The summed E-state index contributed by atoms with van der Waals surface area (Å²) in [5, 5.41) is 14.3. The number of likely N-dealkylation sites (N-methyl/N-ethyl adjacent to an activating group) is 1. The van der Waals surface area contributed by atoms with Gasteiger partial charge in [0.25, 0.3) is 5.91 Å². The van der Waals surface area contributed by atoms with Gasteiger partial charge in [-0.1, -0.05) is 41.9 Å². The van der Waals surface area contributed by atoms with Gasteiger partial charge in [-0.15, -0.1) is 0 Å². The number of pyridine rings is 1. The number of rotatable bonds is 11. The Morgan fingerprint density at radius 3 is 2.68 bits per heavy atom. The van der Waals surface area contributed by atoms with Crippen LogP contribution in [0.2, 0.25) is 5.02 Å². The molecule has 0 radical (unpaired) electrons. The standard InChI is InChI=1S/C29H32ClN3O5/c1-32(16-22(34)13-10-20-6-4-5-7-26(20)37-3)17-23-14-24-27(35)25(18-33(2)29(24)38-23)28(36)31-15-19-8-11-21(30)12-9-19/h4-9,11-12,14,18,22,34H,10,13,15-17H2,1-3H3,(H,31,36). The van der Waals surface area contributed by atoms with Gasteiger partial charge in [-0.25, -0.2) is 0 Å². The highest BCUT2D eigenvalue weighted by atomic mass is 35.5. The number of nitrogens with zero attached hydrogens (tertiary/aromatic N) is 2. The molecule has 8 nitrogen and oxygen atoms in total. The third-order valence-corrected chi connectivity index (χ3v) is 6.65. The Labute approximate surface area is 226 Å². The molecule has 0 aliphatic heterocycles. The number of nitrogens with one attached hydrogen (secondary N) is 1. The van der Waals surface area contributed by atoms with Gasteiger partial charge in [-0.2, -0.15) is 0 Å². The zero-order valence-electron chi connectivity index (χ0n) is 21.7. The molecule has 0 aliphatic carbocycles. The van der Waals surface area contributed by atoms with Crippen molar-refractivity contribution in [1.82, 2.24) is 14.8 Å². The van der Waals surface area contributed by atoms with Crippen molar-refractivity contribution in [2.45, 2.75) is 32.0 Å². The van der Waals surface area contributed by atoms with Crippen molar-refractivity contribution in [3.8, 4) is 5.75 Å². The first-order chi connectivity index (χ1) is 18.2. The molecule has 2 N–H and O–H groups in total. The Balaban J connectivity index is 1.39. The molecule has 0 bridgehead atoms. The Morgan fingerprint density at radius 1 is 1.21 bits per heavy atom. The molecule has 0 fully saturated rings. The Hall–Kier alpha value is -3.59. The van der Waals surface area contributed by atoms with Crippen LogP contribution in [-0.2, 0) is 26.6 Å². The molecule has 200 valence electrons. The maximum atomic E-state index is 13.1. The van der Waals surface area contributed by atoms with Crippen LogP contribution in [0.5, 0.6) is 5.75 Å². The van der Waals surface area contributed by atoms with Gasteiger partial charge in [0.15, 0.2) is 0 Å². The number of hydrogen-bond acceptors (Lipinski definition) is 6. The van der Waals surface area contributed by atoms with E-state index in [1.807, 2.05) is 48.3 Å². The quantitative estimate of drug-likeness (QED) is 0.298. The van der Waals surface area contributed by atoms with Crippen LogP contribution in [0, 0.1) is 0 Å². The van der Waals surface area contributed by atoms with Crippen molar-refractivity contribution in [3.05, 3.63) is 98.5 Å². The molecular weight excluding hydrogens is 506 g/mol. The number of hydrogen-bond donors (Lipinski definition) is 2. The van der Waals surface area contributed by atoms with E-state index < -0.39 is 12.0 Å². The van der Waals surface area contributed by atoms with Gasteiger partial charge in [0.05, 0.1) is 25.1 Å². The molecule has 1 amide bonds. The molecule has 2 heterocycles. The first kappa shape index (κ1) is 27.4. The molecule has 0 aliphatic rings. The van der Waals surface area contributed by atoms with Crippen LogP contribution in [0.3, 0.4) is 0 Å². The van der Waals surface area contributed by atoms with E-state index in [-0.39, 0.29) is 17.5 Å². The molecule has 1 unspecified atom stereocenters. The second kappa shape index (κ2) is 12.3. The molecule has 38 heavy (non-hydrogen) atoms. The van der Waals surface area contributed by atoms with E-state index in [9.17, 15) is 14.7 Å². The lowest BCUT2D eigenvalue weighted by Gasteiger charge is -2.19. The Morgan fingerprint density at radius 2 is 1.95 bits per heavy atom. The molecule has 0 saturated heterocycles. The van der Waals surface area contributed by atoms with E-state index in [4.69, 9.17) is 20.8 Å². The summed E-state index contributed by atoms with van der Waals surface area (Å²) >= 11 is 5.91. The number of para-hydroxylation sites is 1. The number of amides is 1. The number of carbonyl (C=O) groups is 1. The summed E-state index contributed by atoms with van der Waals surface area (Å²) in [5.41, 5.74) is 1.98. The number of ether oxygens (including phenoxy) is 1. The summed E-state index contributed by atoms with van der Waals surface area (Å²) in [5.74, 6) is 0.931. The van der Waals surface area contributed by atoms with Crippen molar-refractivity contribution >= 4 is 28.6 Å². The topological polar surface area (TPSA) is 96.9 Å². The molecule has 1 atom stereocenters. The minimum atomic E-state index is -0.545. The largest absolute Gasteiger partial charge is 0.496 e. The van der Waals surface area contributed by atoms with Gasteiger partial charge >= 0.3 is 0 Å². The number of aryl methyl sites for hydroxylation is 2. The molecule has 2 aromatic heterocycles. The minimum Gasteiger partial charge on any atom is -0.496 e. The zero-order chi connectivity index (χ0) is 27.2. The SMILES string of the molecule is COc1ccccc1CCC(O)CN(C)Cc1cc2c(=O)c(C(=O)NCc3ccc(Cl)cc3)cn(C)c2o1. The molecule has 9 heteroatoms. The maximum absolute atomic E-state index is 13.1. The lowest BCUT2D eigenvalue weighted by molar-refractivity contribution is 0.0949. The van der Waals surface area contributed by atoms with Crippen LogP contribution in [0.25, 0.3) is 11.1 Å². The van der Waals surface area contributed by atoms with E-state index in [1.54, 1.807) is 36.9 Å². The minimum absolute atomic E-state index is 0.0430. The first-order valence-corrected chi connectivity index (χ1v) is 12.8. The number of halogens is 1. The predicted octanol–water partition coefficient (Wildman–Crippen LogP) is 4.15.